The SMILES string of the molecule is Cc1cc(NC(C)c2cc3ccccc3s2)ccc1F. The molecular formula is C17H16FNS. The molecule has 1 heterocycles. The quantitative estimate of drug-likeness (QED) is 0.668. The highest BCUT2D eigenvalue weighted by molar-refractivity contribution is 7.19. The number of thiophene rings is 1. The van der Waals surface area contributed by atoms with Gasteiger partial charge >= 0.3 is 0 Å². The van der Waals surface area contributed by atoms with Crippen LogP contribution in [0.3, 0.4) is 0 Å². The summed E-state index contributed by atoms with van der Waals surface area (Å²) in [5, 5.41) is 4.71. The number of rotatable bonds is 3. The van der Waals surface area contributed by atoms with E-state index in [1.807, 2.05) is 6.07 Å². The molecule has 0 radical (unpaired) electrons. The molecule has 0 amide bonds. The molecule has 1 nitrogen and oxygen atoms in total. The maximum atomic E-state index is 13.3. The van der Waals surface area contributed by atoms with Crippen molar-refractivity contribution in [1.82, 2.24) is 0 Å². The Morgan fingerprint density at radius 3 is 2.65 bits per heavy atom. The topological polar surface area (TPSA) is 12.0 Å². The van der Waals surface area contributed by atoms with Gasteiger partial charge in [0.25, 0.3) is 0 Å². The van der Waals surface area contributed by atoms with Crippen molar-refractivity contribution in [2.45, 2.75) is 19.9 Å². The van der Waals surface area contributed by atoms with Crippen LogP contribution in [0.4, 0.5) is 10.1 Å². The Balaban J connectivity index is 1.84. The molecule has 2 aromatic carbocycles. The lowest BCUT2D eigenvalue weighted by Crippen LogP contribution is -2.05. The highest BCUT2D eigenvalue weighted by Gasteiger charge is 2.10. The summed E-state index contributed by atoms with van der Waals surface area (Å²) >= 11 is 1.80. The van der Waals surface area contributed by atoms with Gasteiger partial charge in [0.15, 0.2) is 0 Å². The molecule has 1 aromatic heterocycles. The number of benzene rings is 2. The number of nitrogens with one attached hydrogen (secondary N) is 1. The summed E-state index contributed by atoms with van der Waals surface area (Å²) in [7, 11) is 0. The van der Waals surface area contributed by atoms with Crippen molar-refractivity contribution in [3.05, 3.63) is 64.8 Å². The molecule has 0 aliphatic heterocycles. The van der Waals surface area contributed by atoms with Gasteiger partial charge in [-0.25, -0.2) is 4.39 Å². The fourth-order valence-electron chi connectivity index (χ4n) is 2.27. The second-order valence-electron chi connectivity index (χ2n) is 5.02. The van der Waals surface area contributed by atoms with E-state index in [0.29, 0.717) is 5.56 Å². The molecule has 102 valence electrons. The van der Waals surface area contributed by atoms with E-state index in [0.717, 1.165) is 5.69 Å². The van der Waals surface area contributed by atoms with E-state index < -0.39 is 0 Å². The summed E-state index contributed by atoms with van der Waals surface area (Å²) in [6, 6.07) is 15.9. The van der Waals surface area contributed by atoms with Crippen molar-refractivity contribution in [3.8, 4) is 0 Å². The first-order chi connectivity index (χ1) is 9.63. The zero-order valence-electron chi connectivity index (χ0n) is 11.5. The highest BCUT2D eigenvalue weighted by Crippen LogP contribution is 2.31. The lowest BCUT2D eigenvalue weighted by Gasteiger charge is -2.14. The van der Waals surface area contributed by atoms with Crippen molar-refractivity contribution in [3.63, 3.8) is 0 Å². The van der Waals surface area contributed by atoms with Gasteiger partial charge in [0.05, 0.1) is 6.04 Å². The van der Waals surface area contributed by atoms with Crippen molar-refractivity contribution >= 4 is 27.1 Å². The monoisotopic (exact) mass is 285 g/mol. The van der Waals surface area contributed by atoms with Crippen LogP contribution >= 0.6 is 11.3 Å². The average Bonchev–Trinajstić information content (AvgIpc) is 2.87. The summed E-state index contributed by atoms with van der Waals surface area (Å²) in [5.41, 5.74) is 1.62. The van der Waals surface area contributed by atoms with Gasteiger partial charge in [-0.05, 0) is 55.1 Å². The second kappa shape index (κ2) is 5.25. The molecule has 3 aromatic rings. The van der Waals surface area contributed by atoms with Crippen molar-refractivity contribution < 1.29 is 4.39 Å². The molecule has 0 saturated carbocycles. The number of hydrogen-bond acceptors (Lipinski definition) is 2. The van der Waals surface area contributed by atoms with E-state index in [-0.39, 0.29) is 11.9 Å². The summed E-state index contributed by atoms with van der Waals surface area (Å²) < 4.78 is 14.6. The molecule has 1 atom stereocenters. The molecule has 0 fully saturated rings. The van der Waals surface area contributed by atoms with Crippen LogP contribution in [0.15, 0.2) is 48.5 Å². The van der Waals surface area contributed by atoms with Crippen LogP contribution in [0.25, 0.3) is 10.1 Å². The molecule has 0 bridgehead atoms. The van der Waals surface area contributed by atoms with E-state index in [4.69, 9.17) is 0 Å². The van der Waals surface area contributed by atoms with E-state index in [9.17, 15) is 4.39 Å². The Hall–Kier alpha value is -1.87. The lowest BCUT2D eigenvalue weighted by molar-refractivity contribution is 0.618. The predicted octanol–water partition coefficient (Wildman–Crippen LogP) is 5.52. The van der Waals surface area contributed by atoms with Gasteiger partial charge in [0.2, 0.25) is 0 Å². The van der Waals surface area contributed by atoms with E-state index in [2.05, 4.69) is 42.6 Å². The summed E-state index contributed by atoms with van der Waals surface area (Å²) in [4.78, 5) is 1.29. The first-order valence-electron chi connectivity index (χ1n) is 6.64. The molecule has 1 N–H and O–H groups in total. The Morgan fingerprint density at radius 1 is 1.10 bits per heavy atom. The molecule has 3 rings (SSSR count). The van der Waals surface area contributed by atoms with Crippen molar-refractivity contribution in [1.29, 1.82) is 0 Å². The molecule has 1 unspecified atom stereocenters. The normalized spacial score (nSPS) is 12.6. The third-order valence-electron chi connectivity index (χ3n) is 3.41. The fourth-order valence-corrected chi connectivity index (χ4v) is 3.34. The van der Waals surface area contributed by atoms with E-state index in [1.54, 1.807) is 24.3 Å². The van der Waals surface area contributed by atoms with Crippen molar-refractivity contribution in [2.75, 3.05) is 5.32 Å². The second-order valence-corrected chi connectivity index (χ2v) is 6.13. The van der Waals surface area contributed by atoms with Gasteiger partial charge in [-0.1, -0.05) is 18.2 Å². The Kier molecular flexibility index (Phi) is 3.45. The zero-order chi connectivity index (χ0) is 14.1. The van der Waals surface area contributed by atoms with E-state index in [1.165, 1.54) is 21.0 Å². The molecule has 0 aliphatic carbocycles. The molecule has 20 heavy (non-hydrogen) atoms. The molecular weight excluding hydrogens is 269 g/mol. The summed E-state index contributed by atoms with van der Waals surface area (Å²) in [6.07, 6.45) is 0. The third kappa shape index (κ3) is 2.54. The van der Waals surface area contributed by atoms with Crippen LogP contribution in [0.5, 0.6) is 0 Å². The lowest BCUT2D eigenvalue weighted by atomic mass is 10.1. The molecule has 0 spiro atoms. The zero-order valence-corrected chi connectivity index (χ0v) is 12.3. The van der Waals surface area contributed by atoms with Crippen LogP contribution in [-0.2, 0) is 0 Å². The van der Waals surface area contributed by atoms with Gasteiger partial charge in [-0.3, -0.25) is 0 Å². The highest BCUT2D eigenvalue weighted by atomic mass is 32.1. The number of halogens is 1. The Labute approximate surface area is 122 Å². The molecule has 0 aliphatic rings. The minimum Gasteiger partial charge on any atom is -0.378 e. The number of fused-ring (bicyclic) bond motifs is 1. The first kappa shape index (κ1) is 13.1. The van der Waals surface area contributed by atoms with Crippen LogP contribution in [0.2, 0.25) is 0 Å². The maximum absolute atomic E-state index is 13.3. The predicted molar refractivity (Wildman–Crippen MR) is 85.0 cm³/mol. The molecule has 3 heteroatoms. The third-order valence-corrected chi connectivity index (χ3v) is 4.71. The van der Waals surface area contributed by atoms with Crippen molar-refractivity contribution in [2.24, 2.45) is 0 Å². The van der Waals surface area contributed by atoms with Gasteiger partial charge in [-0.2, -0.15) is 0 Å². The van der Waals surface area contributed by atoms with Gasteiger partial charge in [-0.15, -0.1) is 11.3 Å². The Morgan fingerprint density at radius 2 is 1.90 bits per heavy atom. The number of hydrogen-bond donors (Lipinski definition) is 1. The number of anilines is 1. The van der Waals surface area contributed by atoms with Gasteiger partial charge < -0.3 is 5.32 Å². The van der Waals surface area contributed by atoms with Crippen LogP contribution in [-0.4, -0.2) is 0 Å². The van der Waals surface area contributed by atoms with Crippen LogP contribution in [0.1, 0.15) is 23.4 Å². The van der Waals surface area contributed by atoms with Crippen LogP contribution < -0.4 is 5.32 Å². The standard InChI is InChI=1S/C17H16FNS/c1-11-9-14(7-8-15(11)18)19-12(2)17-10-13-5-3-4-6-16(13)20-17/h3-10,12,19H,1-2H3. The smallest absolute Gasteiger partial charge is 0.126 e. The van der Waals surface area contributed by atoms with Gasteiger partial charge in [0.1, 0.15) is 5.82 Å². The maximum Gasteiger partial charge on any atom is 0.126 e. The number of aryl methyl sites for hydroxylation is 1. The minimum atomic E-state index is -0.162. The largest absolute Gasteiger partial charge is 0.378 e. The van der Waals surface area contributed by atoms with Crippen LogP contribution in [0, 0.1) is 12.7 Å². The first-order valence-corrected chi connectivity index (χ1v) is 7.46. The van der Waals surface area contributed by atoms with E-state index >= 15 is 0 Å². The Bertz CT molecular complexity index is 715. The average molecular weight is 285 g/mol. The summed E-state index contributed by atoms with van der Waals surface area (Å²) in [6.45, 7) is 3.91. The summed E-state index contributed by atoms with van der Waals surface area (Å²) in [5.74, 6) is -0.162. The van der Waals surface area contributed by atoms with Gasteiger partial charge in [0, 0.05) is 15.3 Å². The fraction of sp³-hybridized carbons (Fsp3) is 0.176. The minimum absolute atomic E-state index is 0.162. The molecule has 0 saturated heterocycles.